The van der Waals surface area contributed by atoms with E-state index in [2.05, 4.69) is 0 Å². The lowest BCUT2D eigenvalue weighted by Gasteiger charge is -2.12. The number of nitrogen functional groups attached to an aromatic ring is 1. The molecule has 0 saturated carbocycles. The first-order valence-corrected chi connectivity index (χ1v) is 5.55. The van der Waals surface area contributed by atoms with Crippen molar-refractivity contribution < 1.29 is 17.9 Å². The zero-order valence-electron chi connectivity index (χ0n) is 10.1. The van der Waals surface area contributed by atoms with Crippen LogP contribution in [0.2, 0.25) is 0 Å². The Kier molecular flexibility index (Phi) is 3.53. The summed E-state index contributed by atoms with van der Waals surface area (Å²) in [6.07, 6.45) is -4.54. The van der Waals surface area contributed by atoms with Crippen LogP contribution in [-0.2, 0) is 6.18 Å². The average molecular weight is 278 g/mol. The normalized spacial score (nSPS) is 10.9. The summed E-state index contributed by atoms with van der Waals surface area (Å²) < 4.78 is 43.4. The van der Waals surface area contributed by atoms with Crippen molar-refractivity contribution in [3.8, 4) is 17.6 Å². The van der Waals surface area contributed by atoms with Gasteiger partial charge in [-0.05, 0) is 36.4 Å². The highest BCUT2D eigenvalue weighted by Crippen LogP contribution is 2.36. The minimum absolute atomic E-state index is 0.00150. The molecule has 2 aromatic carbocycles. The molecule has 0 spiro atoms. The number of nitriles is 1. The van der Waals surface area contributed by atoms with Gasteiger partial charge >= 0.3 is 6.18 Å². The van der Waals surface area contributed by atoms with E-state index in [1.807, 2.05) is 6.07 Å². The predicted molar refractivity (Wildman–Crippen MR) is 67.1 cm³/mol. The monoisotopic (exact) mass is 278 g/mol. The van der Waals surface area contributed by atoms with Crippen molar-refractivity contribution in [3.63, 3.8) is 0 Å². The molecule has 0 bridgehead atoms. The Bertz CT molecular complexity index is 675. The molecule has 0 fully saturated rings. The Labute approximate surface area is 113 Å². The van der Waals surface area contributed by atoms with Gasteiger partial charge in [0.25, 0.3) is 0 Å². The van der Waals surface area contributed by atoms with Crippen LogP contribution < -0.4 is 10.5 Å². The Balaban J connectivity index is 2.33. The second kappa shape index (κ2) is 5.13. The number of halogens is 3. The number of rotatable bonds is 2. The highest BCUT2D eigenvalue weighted by molar-refractivity contribution is 5.52. The maximum atomic E-state index is 12.7. The summed E-state index contributed by atoms with van der Waals surface area (Å²) in [6.45, 7) is 0. The van der Waals surface area contributed by atoms with E-state index in [1.54, 1.807) is 18.2 Å². The van der Waals surface area contributed by atoms with E-state index in [-0.39, 0.29) is 17.2 Å². The molecule has 0 aliphatic rings. The minimum Gasteiger partial charge on any atom is -0.457 e. The molecular formula is C14H9F3N2O. The quantitative estimate of drug-likeness (QED) is 0.846. The Hall–Kier alpha value is -2.68. The molecule has 2 N–H and O–H groups in total. The number of ether oxygens (including phenoxy) is 1. The molecule has 0 amide bonds. The third kappa shape index (κ3) is 3.01. The third-order valence-electron chi connectivity index (χ3n) is 2.53. The van der Waals surface area contributed by atoms with Gasteiger partial charge in [-0.3, -0.25) is 0 Å². The molecule has 0 atom stereocenters. The van der Waals surface area contributed by atoms with Crippen molar-refractivity contribution in [1.82, 2.24) is 0 Å². The summed E-state index contributed by atoms with van der Waals surface area (Å²) in [5.41, 5.74) is 4.33. The van der Waals surface area contributed by atoms with Gasteiger partial charge in [-0.15, -0.1) is 0 Å². The van der Waals surface area contributed by atoms with Gasteiger partial charge in [0.2, 0.25) is 0 Å². The summed E-state index contributed by atoms with van der Waals surface area (Å²) >= 11 is 0. The smallest absolute Gasteiger partial charge is 0.418 e. The summed E-state index contributed by atoms with van der Waals surface area (Å²) in [6, 6.07) is 11.3. The van der Waals surface area contributed by atoms with Crippen LogP contribution >= 0.6 is 0 Å². The molecule has 2 aromatic rings. The van der Waals surface area contributed by atoms with Crippen molar-refractivity contribution in [3.05, 3.63) is 53.6 Å². The van der Waals surface area contributed by atoms with E-state index < -0.39 is 11.7 Å². The van der Waals surface area contributed by atoms with Gasteiger partial charge in [-0.2, -0.15) is 18.4 Å². The first-order chi connectivity index (χ1) is 9.40. The number of benzene rings is 2. The molecule has 0 heterocycles. The number of nitrogens with zero attached hydrogens (tertiary/aromatic N) is 1. The van der Waals surface area contributed by atoms with Crippen LogP contribution in [0.4, 0.5) is 18.9 Å². The molecule has 0 saturated heterocycles. The van der Waals surface area contributed by atoms with Crippen LogP contribution in [0.1, 0.15) is 11.1 Å². The first kappa shape index (κ1) is 13.7. The van der Waals surface area contributed by atoms with Crippen molar-refractivity contribution >= 4 is 5.69 Å². The molecular weight excluding hydrogens is 269 g/mol. The molecule has 0 aliphatic heterocycles. The predicted octanol–water partition coefficient (Wildman–Crippen LogP) is 3.95. The fourth-order valence-corrected chi connectivity index (χ4v) is 1.61. The number of nitrogens with two attached hydrogens (primary N) is 1. The summed E-state index contributed by atoms with van der Waals surface area (Å²) in [7, 11) is 0. The van der Waals surface area contributed by atoms with E-state index in [0.717, 1.165) is 12.1 Å². The van der Waals surface area contributed by atoms with Crippen LogP contribution in [0.3, 0.4) is 0 Å². The van der Waals surface area contributed by atoms with Gasteiger partial charge in [0, 0.05) is 5.69 Å². The molecule has 3 nitrogen and oxygen atoms in total. The van der Waals surface area contributed by atoms with Crippen LogP contribution in [0.15, 0.2) is 42.5 Å². The lowest BCUT2D eigenvalue weighted by atomic mass is 10.1. The molecule has 0 unspecified atom stereocenters. The Morgan fingerprint density at radius 3 is 2.40 bits per heavy atom. The van der Waals surface area contributed by atoms with Gasteiger partial charge < -0.3 is 10.5 Å². The van der Waals surface area contributed by atoms with Crippen molar-refractivity contribution in [2.45, 2.75) is 6.18 Å². The summed E-state index contributed by atoms with van der Waals surface area (Å²) in [5, 5.41) is 8.74. The van der Waals surface area contributed by atoms with E-state index >= 15 is 0 Å². The van der Waals surface area contributed by atoms with Crippen LogP contribution in [0, 0.1) is 11.3 Å². The van der Waals surface area contributed by atoms with Gasteiger partial charge in [0.1, 0.15) is 11.5 Å². The number of hydrogen-bond donors (Lipinski definition) is 1. The fraction of sp³-hybridized carbons (Fsp3) is 0.0714. The number of hydrogen-bond acceptors (Lipinski definition) is 3. The van der Waals surface area contributed by atoms with Gasteiger partial charge in [-0.25, -0.2) is 0 Å². The van der Waals surface area contributed by atoms with Gasteiger partial charge in [0.15, 0.2) is 0 Å². The Morgan fingerprint density at radius 1 is 1.05 bits per heavy atom. The van der Waals surface area contributed by atoms with Crippen LogP contribution in [0.25, 0.3) is 0 Å². The second-order valence-electron chi connectivity index (χ2n) is 3.99. The SMILES string of the molecule is N#Cc1cccc(Oc2ccc(N)c(C(F)(F)F)c2)c1. The lowest BCUT2D eigenvalue weighted by Crippen LogP contribution is -2.08. The number of alkyl halides is 3. The average Bonchev–Trinajstić information content (AvgIpc) is 2.40. The van der Waals surface area contributed by atoms with E-state index in [9.17, 15) is 13.2 Å². The maximum absolute atomic E-state index is 12.7. The zero-order chi connectivity index (χ0) is 14.8. The standard InChI is InChI=1S/C14H9F3N2O/c15-14(16,17)12-7-11(4-5-13(12)19)20-10-3-1-2-9(6-10)8-18/h1-7H,19H2. The maximum Gasteiger partial charge on any atom is 0.418 e. The molecule has 6 heteroatoms. The van der Waals surface area contributed by atoms with Crippen molar-refractivity contribution in [1.29, 1.82) is 5.26 Å². The van der Waals surface area contributed by atoms with Crippen molar-refractivity contribution in [2.75, 3.05) is 5.73 Å². The fourth-order valence-electron chi connectivity index (χ4n) is 1.61. The molecule has 102 valence electrons. The van der Waals surface area contributed by atoms with Crippen molar-refractivity contribution in [2.24, 2.45) is 0 Å². The zero-order valence-corrected chi connectivity index (χ0v) is 10.1. The highest BCUT2D eigenvalue weighted by atomic mass is 19.4. The van der Waals surface area contributed by atoms with Gasteiger partial charge in [-0.1, -0.05) is 6.07 Å². The molecule has 0 aromatic heterocycles. The van der Waals surface area contributed by atoms with Crippen LogP contribution in [-0.4, -0.2) is 0 Å². The molecule has 20 heavy (non-hydrogen) atoms. The Morgan fingerprint density at radius 2 is 1.75 bits per heavy atom. The first-order valence-electron chi connectivity index (χ1n) is 5.55. The van der Waals surface area contributed by atoms with E-state index in [4.69, 9.17) is 15.7 Å². The van der Waals surface area contributed by atoms with Gasteiger partial charge in [0.05, 0.1) is 17.2 Å². The second-order valence-corrected chi connectivity index (χ2v) is 3.99. The molecule has 0 radical (unpaired) electrons. The van der Waals surface area contributed by atoms with E-state index in [1.165, 1.54) is 12.1 Å². The lowest BCUT2D eigenvalue weighted by molar-refractivity contribution is -0.137. The molecule has 2 rings (SSSR count). The third-order valence-corrected chi connectivity index (χ3v) is 2.53. The highest BCUT2D eigenvalue weighted by Gasteiger charge is 2.33. The summed E-state index contributed by atoms with van der Waals surface area (Å²) in [4.78, 5) is 0. The minimum atomic E-state index is -4.54. The topological polar surface area (TPSA) is 59.0 Å². The largest absolute Gasteiger partial charge is 0.457 e. The van der Waals surface area contributed by atoms with Crippen LogP contribution in [0.5, 0.6) is 11.5 Å². The van der Waals surface area contributed by atoms with E-state index in [0.29, 0.717) is 5.56 Å². The number of anilines is 1. The molecule has 0 aliphatic carbocycles. The summed E-state index contributed by atoms with van der Waals surface area (Å²) in [5.74, 6) is 0.281.